The van der Waals surface area contributed by atoms with Crippen molar-refractivity contribution in [2.45, 2.75) is 0 Å². The molecule has 282 valence electrons. The number of hydrogen-bond acceptors (Lipinski definition) is 2. The highest BCUT2D eigenvalue weighted by atomic mass is 15.0. The first-order chi connectivity index (χ1) is 30.2. The van der Waals surface area contributed by atoms with Crippen LogP contribution in [0.3, 0.4) is 0 Å². The molecule has 0 saturated carbocycles. The van der Waals surface area contributed by atoms with E-state index in [1.54, 1.807) is 6.07 Å². The van der Waals surface area contributed by atoms with Crippen molar-refractivity contribution >= 4 is 65.4 Å². The number of benzene rings is 9. The van der Waals surface area contributed by atoms with Crippen molar-refractivity contribution in [1.82, 2.24) is 13.7 Å². The van der Waals surface area contributed by atoms with Gasteiger partial charge in [0.15, 0.2) is 0 Å². The lowest BCUT2D eigenvalue weighted by molar-refractivity contribution is 1.17. The Labute approximate surface area is 351 Å². The number of aromatic nitrogens is 3. The SMILES string of the molecule is N#Cc1cc(C#N)cc(-c2ccc(-n3c4ccc(-n5c6ccccc6c6ccccc65)cc4c4ccc5c(c6ccccc6n5-c5ccccc5)c43)cc2-c2ccccc2)c1. The van der Waals surface area contributed by atoms with E-state index in [0.717, 1.165) is 72.2 Å². The van der Waals surface area contributed by atoms with Crippen molar-refractivity contribution < 1.29 is 0 Å². The molecule has 12 aromatic rings. The predicted octanol–water partition coefficient (Wildman–Crippen LogP) is 14.1. The molecule has 0 unspecified atom stereocenters. The third-order valence-electron chi connectivity index (χ3n) is 12.2. The van der Waals surface area contributed by atoms with Gasteiger partial charge in [0.05, 0.1) is 56.4 Å². The van der Waals surface area contributed by atoms with Crippen molar-refractivity contribution in [1.29, 1.82) is 10.5 Å². The van der Waals surface area contributed by atoms with Crippen LogP contribution < -0.4 is 0 Å². The van der Waals surface area contributed by atoms with E-state index in [0.29, 0.717) is 11.1 Å². The predicted molar refractivity (Wildman–Crippen MR) is 250 cm³/mol. The Morgan fingerprint density at radius 3 is 1.51 bits per heavy atom. The molecule has 0 bridgehead atoms. The molecule has 0 aliphatic rings. The number of para-hydroxylation sites is 4. The van der Waals surface area contributed by atoms with E-state index in [4.69, 9.17) is 0 Å². The second-order valence-corrected chi connectivity index (χ2v) is 15.6. The smallest absolute Gasteiger partial charge is 0.0992 e. The summed E-state index contributed by atoms with van der Waals surface area (Å²) in [6.45, 7) is 0. The first-order valence-electron chi connectivity index (χ1n) is 20.4. The molecule has 5 heteroatoms. The zero-order valence-corrected chi connectivity index (χ0v) is 32.8. The molecule has 5 nitrogen and oxygen atoms in total. The number of hydrogen-bond donors (Lipinski definition) is 0. The number of nitrogens with zero attached hydrogens (tertiary/aromatic N) is 5. The Hall–Kier alpha value is -8.64. The zero-order valence-electron chi connectivity index (χ0n) is 32.8. The van der Waals surface area contributed by atoms with Crippen LogP contribution in [-0.4, -0.2) is 13.7 Å². The lowest BCUT2D eigenvalue weighted by Crippen LogP contribution is -1.98. The maximum absolute atomic E-state index is 9.94. The van der Waals surface area contributed by atoms with Crippen LogP contribution >= 0.6 is 0 Å². The monoisotopic (exact) mass is 775 g/mol. The van der Waals surface area contributed by atoms with Gasteiger partial charge < -0.3 is 13.7 Å². The molecule has 3 aromatic heterocycles. The fraction of sp³-hybridized carbons (Fsp3) is 0. The summed E-state index contributed by atoms with van der Waals surface area (Å²) in [5.41, 5.74) is 14.8. The third-order valence-corrected chi connectivity index (χ3v) is 12.2. The second-order valence-electron chi connectivity index (χ2n) is 15.6. The normalized spacial score (nSPS) is 11.6. The second kappa shape index (κ2) is 13.5. The minimum Gasteiger partial charge on any atom is -0.309 e. The Kier molecular flexibility index (Phi) is 7.59. The summed E-state index contributed by atoms with van der Waals surface area (Å²) in [7, 11) is 0. The van der Waals surface area contributed by atoms with Crippen LogP contribution in [0.4, 0.5) is 0 Å². The van der Waals surface area contributed by atoms with Crippen molar-refractivity contribution in [3.63, 3.8) is 0 Å². The van der Waals surface area contributed by atoms with E-state index in [-0.39, 0.29) is 0 Å². The molecule has 3 heterocycles. The number of rotatable bonds is 5. The van der Waals surface area contributed by atoms with E-state index in [1.165, 1.54) is 32.6 Å². The lowest BCUT2D eigenvalue weighted by atomic mass is 9.92. The van der Waals surface area contributed by atoms with Crippen LogP contribution in [-0.2, 0) is 0 Å². The molecule has 0 aliphatic heterocycles. The quantitative estimate of drug-likeness (QED) is 0.175. The molecule has 0 aliphatic carbocycles. The number of nitriles is 2. The Morgan fingerprint density at radius 2 is 0.836 bits per heavy atom. The molecule has 61 heavy (non-hydrogen) atoms. The first-order valence-corrected chi connectivity index (χ1v) is 20.4. The van der Waals surface area contributed by atoms with Crippen molar-refractivity contribution in [2.75, 3.05) is 0 Å². The molecule has 9 aromatic carbocycles. The van der Waals surface area contributed by atoms with Crippen molar-refractivity contribution in [2.24, 2.45) is 0 Å². The summed E-state index contributed by atoms with van der Waals surface area (Å²) in [5.74, 6) is 0. The van der Waals surface area contributed by atoms with Crippen molar-refractivity contribution in [3.05, 3.63) is 211 Å². The average Bonchev–Trinajstić information content (AvgIpc) is 3.97. The van der Waals surface area contributed by atoms with Gasteiger partial charge in [-0.15, -0.1) is 0 Å². The van der Waals surface area contributed by atoms with Gasteiger partial charge in [-0.25, -0.2) is 0 Å². The fourth-order valence-electron chi connectivity index (χ4n) is 9.70. The van der Waals surface area contributed by atoms with Crippen LogP contribution in [0.25, 0.3) is 105 Å². The van der Waals surface area contributed by atoms with Crippen LogP contribution in [0.1, 0.15) is 11.1 Å². The molecule has 0 radical (unpaired) electrons. The topological polar surface area (TPSA) is 62.4 Å². The van der Waals surface area contributed by atoms with Gasteiger partial charge >= 0.3 is 0 Å². The van der Waals surface area contributed by atoms with Gasteiger partial charge in [0.1, 0.15) is 0 Å². The van der Waals surface area contributed by atoms with Crippen molar-refractivity contribution in [3.8, 4) is 51.5 Å². The van der Waals surface area contributed by atoms with E-state index in [9.17, 15) is 10.5 Å². The van der Waals surface area contributed by atoms with Gasteiger partial charge in [-0.3, -0.25) is 0 Å². The Bertz CT molecular complexity index is 3750. The minimum atomic E-state index is 0.454. The van der Waals surface area contributed by atoms with Crippen LogP contribution in [0.5, 0.6) is 0 Å². The highest BCUT2D eigenvalue weighted by Crippen LogP contribution is 2.44. The largest absolute Gasteiger partial charge is 0.309 e. The fourth-order valence-corrected chi connectivity index (χ4v) is 9.70. The summed E-state index contributed by atoms with van der Waals surface area (Å²) in [6, 6.07) is 75.0. The number of fused-ring (bicyclic) bond motifs is 10. The van der Waals surface area contributed by atoms with Gasteiger partial charge in [-0.1, -0.05) is 115 Å². The highest BCUT2D eigenvalue weighted by molar-refractivity contribution is 6.26. The maximum atomic E-state index is 9.94. The van der Waals surface area contributed by atoms with Gasteiger partial charge in [-0.05, 0) is 107 Å². The molecular weight excluding hydrogens is 743 g/mol. The van der Waals surface area contributed by atoms with Gasteiger partial charge in [-0.2, -0.15) is 10.5 Å². The Morgan fingerprint density at radius 1 is 0.311 bits per heavy atom. The van der Waals surface area contributed by atoms with E-state index in [2.05, 4.69) is 202 Å². The molecule has 0 amide bonds. The summed E-state index contributed by atoms with van der Waals surface area (Å²) >= 11 is 0. The summed E-state index contributed by atoms with van der Waals surface area (Å²) in [6.07, 6.45) is 0. The van der Waals surface area contributed by atoms with E-state index < -0.39 is 0 Å². The van der Waals surface area contributed by atoms with Gasteiger partial charge in [0, 0.05) is 49.4 Å². The van der Waals surface area contributed by atoms with E-state index in [1.807, 2.05) is 18.2 Å². The maximum Gasteiger partial charge on any atom is 0.0992 e. The summed E-state index contributed by atoms with van der Waals surface area (Å²) in [4.78, 5) is 0. The summed E-state index contributed by atoms with van der Waals surface area (Å²) in [5, 5.41) is 27.0. The van der Waals surface area contributed by atoms with Gasteiger partial charge in [0.25, 0.3) is 0 Å². The zero-order chi connectivity index (χ0) is 40.6. The summed E-state index contributed by atoms with van der Waals surface area (Å²) < 4.78 is 7.20. The Balaban J connectivity index is 1.21. The molecular formula is C56H33N5. The molecule has 0 spiro atoms. The standard InChI is InChI=1S/C56H33N5/c57-34-36-29-37(35-58)31-39(30-36)43-25-23-42(32-48(43)38-13-3-1-4-14-38)61-53-27-24-41(60-50-20-10-7-17-44(50)45-18-8-11-21-51(45)60)33-49(53)46-26-28-54-55(56(46)61)47-19-9-12-22-52(47)59(54)40-15-5-2-6-16-40/h1-33H. The van der Waals surface area contributed by atoms with Crippen LogP contribution in [0.15, 0.2) is 200 Å². The van der Waals surface area contributed by atoms with E-state index >= 15 is 0 Å². The molecule has 0 atom stereocenters. The molecule has 12 rings (SSSR count). The van der Waals surface area contributed by atoms with Gasteiger partial charge in [0.2, 0.25) is 0 Å². The molecule has 0 fully saturated rings. The minimum absolute atomic E-state index is 0.454. The molecule has 0 N–H and O–H groups in total. The molecule has 0 saturated heterocycles. The highest BCUT2D eigenvalue weighted by Gasteiger charge is 2.23. The first kappa shape index (κ1) is 34.4. The third kappa shape index (κ3) is 5.18. The average molecular weight is 776 g/mol. The van der Waals surface area contributed by atoms with Crippen LogP contribution in [0, 0.1) is 22.7 Å². The van der Waals surface area contributed by atoms with Crippen LogP contribution in [0.2, 0.25) is 0 Å². The lowest BCUT2D eigenvalue weighted by Gasteiger charge is -2.16.